The first kappa shape index (κ1) is 17.9. The van der Waals surface area contributed by atoms with E-state index < -0.39 is 11.5 Å². The molecule has 0 aliphatic carbocycles. The Labute approximate surface area is 153 Å². The fourth-order valence-corrected chi connectivity index (χ4v) is 3.01. The van der Waals surface area contributed by atoms with Crippen LogP contribution in [0, 0.1) is 5.41 Å². The van der Waals surface area contributed by atoms with Crippen LogP contribution in [0.2, 0.25) is 0 Å². The van der Waals surface area contributed by atoms with Crippen LogP contribution in [0.15, 0.2) is 60.3 Å². The molecule has 1 aromatic carbocycles. The molecular weight excluding hydrogens is 328 g/mol. The number of carbonyl (C=O) groups excluding carboxylic acids is 2. The van der Waals surface area contributed by atoms with Crippen molar-refractivity contribution in [3.05, 3.63) is 71.6 Å². The van der Waals surface area contributed by atoms with Crippen molar-refractivity contribution in [2.45, 2.75) is 20.5 Å². The molecule has 0 radical (unpaired) electrons. The summed E-state index contributed by atoms with van der Waals surface area (Å²) in [6.07, 6.45) is 3.01. The first-order valence-corrected chi connectivity index (χ1v) is 8.58. The van der Waals surface area contributed by atoms with E-state index in [0.717, 1.165) is 5.56 Å². The van der Waals surface area contributed by atoms with E-state index in [1.54, 1.807) is 17.2 Å². The molecule has 3 rings (SSSR count). The summed E-state index contributed by atoms with van der Waals surface area (Å²) in [5.74, 6) is 0.0373. The number of hydrogen-bond acceptors (Lipinski definition) is 4. The number of likely N-dealkylation sites (tertiary alicyclic amines) is 1. The molecule has 0 saturated carbocycles. The maximum atomic E-state index is 12.7. The summed E-state index contributed by atoms with van der Waals surface area (Å²) in [7, 11) is 0. The predicted octanol–water partition coefficient (Wildman–Crippen LogP) is 3.71. The number of ether oxygens (including phenoxy) is 1. The van der Waals surface area contributed by atoms with Gasteiger partial charge in [0, 0.05) is 23.7 Å². The van der Waals surface area contributed by atoms with Gasteiger partial charge in [0.1, 0.15) is 6.61 Å². The average molecular weight is 350 g/mol. The summed E-state index contributed by atoms with van der Waals surface area (Å²) >= 11 is 0. The Bertz CT molecular complexity index is 814. The lowest BCUT2D eigenvalue weighted by Crippen LogP contribution is -2.50. The van der Waals surface area contributed by atoms with E-state index in [0.29, 0.717) is 17.8 Å². The number of ketones is 1. The Morgan fingerprint density at radius 3 is 2.62 bits per heavy atom. The Morgan fingerprint density at radius 1 is 1.19 bits per heavy atom. The van der Waals surface area contributed by atoms with Crippen molar-refractivity contribution < 1.29 is 14.3 Å². The van der Waals surface area contributed by atoms with Gasteiger partial charge >= 0.3 is 6.09 Å². The van der Waals surface area contributed by atoms with E-state index in [4.69, 9.17) is 4.74 Å². The van der Waals surface area contributed by atoms with Crippen LogP contribution in [-0.2, 0) is 16.1 Å². The molecule has 0 unspecified atom stereocenters. The molecule has 0 N–H and O–H groups in total. The summed E-state index contributed by atoms with van der Waals surface area (Å²) in [5, 5.41) is 0. The van der Waals surface area contributed by atoms with Crippen LogP contribution in [0.3, 0.4) is 0 Å². The fraction of sp³-hybridized carbons (Fsp3) is 0.286. The molecular formula is C21H22N2O3. The molecule has 5 heteroatoms. The Balaban J connectivity index is 1.74. The van der Waals surface area contributed by atoms with Gasteiger partial charge in [0.15, 0.2) is 5.78 Å². The normalized spacial score (nSPS) is 18.0. The Hall–Kier alpha value is -2.95. The largest absolute Gasteiger partial charge is 0.445 e. The number of pyridine rings is 1. The van der Waals surface area contributed by atoms with Gasteiger partial charge in [-0.1, -0.05) is 50.2 Å². The van der Waals surface area contributed by atoms with Gasteiger partial charge in [-0.15, -0.1) is 0 Å². The number of rotatable bonds is 3. The van der Waals surface area contributed by atoms with E-state index in [1.165, 1.54) is 0 Å². The molecule has 5 nitrogen and oxygen atoms in total. The highest BCUT2D eigenvalue weighted by atomic mass is 16.6. The van der Waals surface area contributed by atoms with E-state index >= 15 is 0 Å². The summed E-state index contributed by atoms with van der Waals surface area (Å²) in [4.78, 5) is 31.1. The maximum Gasteiger partial charge on any atom is 0.410 e. The number of hydrogen-bond donors (Lipinski definition) is 0. The van der Waals surface area contributed by atoms with E-state index in [-0.39, 0.29) is 18.9 Å². The van der Waals surface area contributed by atoms with Crippen LogP contribution in [0.25, 0.3) is 6.08 Å². The zero-order chi connectivity index (χ0) is 18.6. The fourth-order valence-electron chi connectivity index (χ4n) is 3.01. The summed E-state index contributed by atoms with van der Waals surface area (Å²) in [5.41, 5.74) is 1.53. The molecule has 1 aliphatic heterocycles. The average Bonchev–Trinajstić information content (AvgIpc) is 2.65. The molecule has 1 aromatic heterocycles. The Morgan fingerprint density at radius 2 is 1.92 bits per heavy atom. The maximum absolute atomic E-state index is 12.7. The van der Waals surface area contributed by atoms with Gasteiger partial charge in [0.2, 0.25) is 0 Å². The smallest absolute Gasteiger partial charge is 0.410 e. The van der Waals surface area contributed by atoms with Crippen LogP contribution < -0.4 is 0 Å². The second-order valence-electron chi connectivity index (χ2n) is 7.03. The van der Waals surface area contributed by atoms with Crippen LogP contribution >= 0.6 is 0 Å². The summed E-state index contributed by atoms with van der Waals surface area (Å²) < 4.78 is 5.43. The van der Waals surface area contributed by atoms with Crippen LogP contribution in [0.1, 0.15) is 25.1 Å². The lowest BCUT2D eigenvalue weighted by Gasteiger charge is -2.37. The van der Waals surface area contributed by atoms with Crippen molar-refractivity contribution in [2.75, 3.05) is 13.1 Å². The molecule has 1 amide bonds. The van der Waals surface area contributed by atoms with Crippen molar-refractivity contribution in [3.8, 4) is 0 Å². The van der Waals surface area contributed by atoms with Crippen molar-refractivity contribution in [2.24, 2.45) is 5.41 Å². The van der Waals surface area contributed by atoms with Gasteiger partial charge in [0.25, 0.3) is 0 Å². The van der Waals surface area contributed by atoms with Crippen molar-refractivity contribution in [1.82, 2.24) is 9.88 Å². The number of carbonyl (C=O) groups is 2. The van der Waals surface area contributed by atoms with Gasteiger partial charge in [-0.3, -0.25) is 9.78 Å². The van der Waals surface area contributed by atoms with Gasteiger partial charge in [-0.2, -0.15) is 0 Å². The number of piperidine rings is 1. The molecule has 0 bridgehead atoms. The molecule has 0 atom stereocenters. The second kappa shape index (κ2) is 7.52. The quantitative estimate of drug-likeness (QED) is 0.792. The number of Topliss-reactive ketones (excluding diaryl/α,β-unsaturated/α-hetero) is 1. The minimum absolute atomic E-state index is 0.0373. The molecule has 1 aliphatic rings. The van der Waals surface area contributed by atoms with Crippen molar-refractivity contribution >= 4 is 18.0 Å². The lowest BCUT2D eigenvalue weighted by molar-refractivity contribution is -0.126. The molecule has 1 saturated heterocycles. The number of amides is 1. The topological polar surface area (TPSA) is 59.5 Å². The van der Waals surface area contributed by atoms with Gasteiger partial charge in [-0.25, -0.2) is 4.79 Å². The van der Waals surface area contributed by atoms with Crippen LogP contribution in [0.4, 0.5) is 4.79 Å². The first-order valence-electron chi connectivity index (χ1n) is 8.58. The third-order valence-corrected chi connectivity index (χ3v) is 4.33. The van der Waals surface area contributed by atoms with Gasteiger partial charge in [-0.05, 0) is 23.8 Å². The molecule has 2 heterocycles. The predicted molar refractivity (Wildman–Crippen MR) is 99.2 cm³/mol. The minimum Gasteiger partial charge on any atom is -0.445 e. The SMILES string of the molecule is CC1(C)CN(C(=O)OCc2ccccc2)CC(=Cc2ccccn2)C1=O. The third kappa shape index (κ3) is 4.17. The molecule has 2 aromatic rings. The third-order valence-electron chi connectivity index (χ3n) is 4.33. The lowest BCUT2D eigenvalue weighted by atomic mass is 9.80. The molecule has 0 spiro atoms. The van der Waals surface area contributed by atoms with E-state index in [1.807, 2.05) is 62.4 Å². The highest BCUT2D eigenvalue weighted by molar-refractivity contribution is 6.04. The Kier molecular flexibility index (Phi) is 5.16. The molecule has 134 valence electrons. The summed E-state index contributed by atoms with van der Waals surface area (Å²) in [6, 6.07) is 15.1. The van der Waals surface area contributed by atoms with Gasteiger partial charge in [0.05, 0.1) is 12.2 Å². The number of benzene rings is 1. The number of nitrogens with zero attached hydrogens (tertiary/aromatic N) is 2. The van der Waals surface area contributed by atoms with Gasteiger partial charge < -0.3 is 9.64 Å². The number of aromatic nitrogens is 1. The van der Waals surface area contributed by atoms with Crippen LogP contribution in [0.5, 0.6) is 0 Å². The van der Waals surface area contributed by atoms with Crippen LogP contribution in [-0.4, -0.2) is 34.8 Å². The van der Waals surface area contributed by atoms with Crippen molar-refractivity contribution in [1.29, 1.82) is 0 Å². The monoisotopic (exact) mass is 350 g/mol. The van der Waals surface area contributed by atoms with E-state index in [2.05, 4.69) is 4.98 Å². The highest BCUT2D eigenvalue weighted by Gasteiger charge is 2.39. The second-order valence-corrected chi connectivity index (χ2v) is 7.03. The molecule has 26 heavy (non-hydrogen) atoms. The zero-order valence-corrected chi connectivity index (χ0v) is 15.0. The van der Waals surface area contributed by atoms with E-state index in [9.17, 15) is 9.59 Å². The highest BCUT2D eigenvalue weighted by Crippen LogP contribution is 2.30. The first-order chi connectivity index (χ1) is 12.5. The van der Waals surface area contributed by atoms with Crippen molar-refractivity contribution in [3.63, 3.8) is 0 Å². The summed E-state index contributed by atoms with van der Waals surface area (Å²) in [6.45, 7) is 4.46. The zero-order valence-electron chi connectivity index (χ0n) is 15.0. The minimum atomic E-state index is -0.662. The molecule has 1 fully saturated rings. The standard InChI is InChI=1S/C21H22N2O3/c1-21(2)15-23(20(25)26-14-16-8-4-3-5-9-16)13-17(19(21)24)12-18-10-6-7-11-22-18/h3-12H,13-15H2,1-2H3.